The molecule has 112 valence electrons. The first-order valence-electron chi connectivity index (χ1n) is 5.62. The van der Waals surface area contributed by atoms with Gasteiger partial charge in [-0.2, -0.15) is 0 Å². The lowest BCUT2D eigenvalue weighted by molar-refractivity contribution is -0.114. The Morgan fingerprint density at radius 1 is 1.45 bits per heavy atom. The maximum Gasteiger partial charge on any atom is 0.355 e. The topological polar surface area (TPSA) is 125 Å². The third-order valence-corrected chi connectivity index (χ3v) is 2.18. The molecule has 0 radical (unpaired) electrons. The van der Waals surface area contributed by atoms with Crippen LogP contribution < -0.4 is 16.8 Å². The van der Waals surface area contributed by atoms with Crippen LogP contribution in [-0.2, 0) is 16.6 Å². The molecule has 1 rings (SSSR count). The van der Waals surface area contributed by atoms with Crippen molar-refractivity contribution in [2.75, 3.05) is 18.5 Å². The first-order chi connectivity index (χ1) is 8.93. The van der Waals surface area contributed by atoms with Gasteiger partial charge in [-0.25, -0.2) is 9.79 Å². The number of aryl methyl sites for hydroxylation is 1. The Morgan fingerprint density at radius 2 is 2.10 bits per heavy atom. The number of halogens is 1. The van der Waals surface area contributed by atoms with Gasteiger partial charge in [-0.15, -0.1) is 17.0 Å². The van der Waals surface area contributed by atoms with Gasteiger partial charge in [-0.3, -0.25) is 4.79 Å². The minimum Gasteiger partial charge on any atom is -0.461 e. The number of aliphatic imine (C=N–C) groups is 1. The highest BCUT2D eigenvalue weighted by molar-refractivity contribution is 8.93. The number of carbonyl (C=O) groups is 2. The number of hydrogen-bond acceptors (Lipinski definition) is 4. The molecule has 0 bridgehead atoms. The summed E-state index contributed by atoms with van der Waals surface area (Å²) in [7, 11) is 1.68. The summed E-state index contributed by atoms with van der Waals surface area (Å²) in [5.41, 5.74) is 11.1. The Balaban J connectivity index is 0.00000361. The summed E-state index contributed by atoms with van der Waals surface area (Å²) in [6.07, 6.45) is 1.60. The van der Waals surface area contributed by atoms with Crippen molar-refractivity contribution in [2.45, 2.75) is 6.92 Å². The Hall–Kier alpha value is -2.03. The van der Waals surface area contributed by atoms with E-state index in [0.717, 1.165) is 0 Å². The summed E-state index contributed by atoms with van der Waals surface area (Å²) < 4.78 is 6.44. The molecule has 0 fully saturated rings. The minimum absolute atomic E-state index is 0. The lowest BCUT2D eigenvalue weighted by atomic mass is 10.4. The molecule has 0 saturated heterocycles. The zero-order valence-corrected chi connectivity index (χ0v) is 13.0. The van der Waals surface area contributed by atoms with Crippen LogP contribution in [0.3, 0.4) is 0 Å². The van der Waals surface area contributed by atoms with Gasteiger partial charge >= 0.3 is 5.97 Å². The zero-order valence-electron chi connectivity index (χ0n) is 11.3. The number of guanidine groups is 1. The summed E-state index contributed by atoms with van der Waals surface area (Å²) in [6, 6.07) is 1.52. The van der Waals surface area contributed by atoms with E-state index in [9.17, 15) is 9.59 Å². The molecule has 8 nitrogen and oxygen atoms in total. The summed E-state index contributed by atoms with van der Waals surface area (Å²) in [4.78, 5) is 26.6. The van der Waals surface area contributed by atoms with Crippen molar-refractivity contribution in [3.63, 3.8) is 0 Å². The molecule has 0 aliphatic heterocycles. The normalized spacial score (nSPS) is 9.30. The van der Waals surface area contributed by atoms with E-state index in [2.05, 4.69) is 10.3 Å². The molecule has 0 saturated carbocycles. The predicted octanol–water partition coefficient (Wildman–Crippen LogP) is -0.00840. The van der Waals surface area contributed by atoms with Crippen molar-refractivity contribution >= 4 is 40.5 Å². The average molecular weight is 348 g/mol. The number of aromatic nitrogens is 1. The van der Waals surface area contributed by atoms with Crippen molar-refractivity contribution in [2.24, 2.45) is 23.5 Å². The van der Waals surface area contributed by atoms with Gasteiger partial charge in [0.2, 0.25) is 5.91 Å². The average Bonchev–Trinajstić information content (AvgIpc) is 2.68. The van der Waals surface area contributed by atoms with Crippen LogP contribution in [-0.4, -0.2) is 35.6 Å². The SMILES string of the molecule is Br.CCOC(=O)c1cc(NC(=O)CN=C(N)N)cn1C. The van der Waals surface area contributed by atoms with E-state index < -0.39 is 5.97 Å². The van der Waals surface area contributed by atoms with Crippen LogP contribution in [0.15, 0.2) is 17.3 Å². The monoisotopic (exact) mass is 347 g/mol. The maximum absolute atomic E-state index is 11.6. The van der Waals surface area contributed by atoms with E-state index in [1.807, 2.05) is 0 Å². The number of esters is 1. The maximum atomic E-state index is 11.6. The van der Waals surface area contributed by atoms with Gasteiger partial charge in [-0.05, 0) is 13.0 Å². The van der Waals surface area contributed by atoms with Crippen LogP contribution in [0.1, 0.15) is 17.4 Å². The zero-order chi connectivity index (χ0) is 14.4. The van der Waals surface area contributed by atoms with Crippen LogP contribution in [0, 0.1) is 0 Å². The second-order valence-electron chi connectivity index (χ2n) is 3.73. The molecule has 0 aliphatic rings. The number of carbonyl (C=O) groups excluding carboxylic acids is 2. The van der Waals surface area contributed by atoms with Crippen LogP contribution in [0.5, 0.6) is 0 Å². The van der Waals surface area contributed by atoms with Gasteiger partial charge in [0, 0.05) is 13.2 Å². The lowest BCUT2D eigenvalue weighted by Gasteiger charge is -2.01. The van der Waals surface area contributed by atoms with E-state index in [-0.39, 0.29) is 42.0 Å². The number of hydrogen-bond donors (Lipinski definition) is 3. The molecule has 5 N–H and O–H groups in total. The second kappa shape index (κ2) is 8.20. The highest BCUT2D eigenvalue weighted by Crippen LogP contribution is 2.13. The third-order valence-electron chi connectivity index (χ3n) is 2.18. The largest absolute Gasteiger partial charge is 0.461 e. The van der Waals surface area contributed by atoms with Gasteiger partial charge in [0.1, 0.15) is 12.2 Å². The van der Waals surface area contributed by atoms with Gasteiger partial charge < -0.3 is 26.1 Å². The summed E-state index contributed by atoms with van der Waals surface area (Å²) in [6.45, 7) is 1.83. The number of anilines is 1. The van der Waals surface area contributed by atoms with Gasteiger partial charge in [0.25, 0.3) is 0 Å². The number of nitrogens with two attached hydrogens (primary N) is 2. The Bertz CT molecular complexity index is 508. The summed E-state index contributed by atoms with van der Waals surface area (Å²) in [5.74, 6) is -0.987. The summed E-state index contributed by atoms with van der Waals surface area (Å²) >= 11 is 0. The van der Waals surface area contributed by atoms with Crippen LogP contribution in [0.2, 0.25) is 0 Å². The fourth-order valence-corrected chi connectivity index (χ4v) is 1.40. The second-order valence-corrected chi connectivity index (χ2v) is 3.73. The molecule has 1 aromatic rings. The molecular formula is C11H18BrN5O3. The van der Waals surface area contributed by atoms with Crippen LogP contribution in [0.25, 0.3) is 0 Å². The molecule has 0 aliphatic carbocycles. The molecule has 1 heterocycles. The van der Waals surface area contributed by atoms with Gasteiger partial charge in [0.15, 0.2) is 5.96 Å². The number of nitrogens with one attached hydrogen (secondary N) is 1. The molecule has 0 aromatic carbocycles. The van der Waals surface area contributed by atoms with Crippen molar-refractivity contribution < 1.29 is 14.3 Å². The third kappa shape index (κ3) is 5.31. The molecule has 9 heteroatoms. The number of ether oxygens (including phenoxy) is 1. The minimum atomic E-state index is -0.449. The van der Waals surface area contributed by atoms with E-state index in [1.54, 1.807) is 24.7 Å². The lowest BCUT2D eigenvalue weighted by Crippen LogP contribution is -2.25. The number of amides is 1. The van der Waals surface area contributed by atoms with Gasteiger partial charge in [-0.1, -0.05) is 0 Å². The first-order valence-corrected chi connectivity index (χ1v) is 5.62. The number of rotatable bonds is 5. The molecule has 1 aromatic heterocycles. The van der Waals surface area contributed by atoms with Crippen molar-refractivity contribution in [3.05, 3.63) is 18.0 Å². The molecule has 0 unspecified atom stereocenters. The fraction of sp³-hybridized carbons (Fsp3) is 0.364. The van der Waals surface area contributed by atoms with Crippen molar-refractivity contribution in [1.82, 2.24) is 4.57 Å². The Labute approximate surface area is 126 Å². The van der Waals surface area contributed by atoms with E-state index in [1.165, 1.54) is 6.07 Å². The van der Waals surface area contributed by atoms with E-state index in [4.69, 9.17) is 16.2 Å². The predicted molar refractivity (Wildman–Crippen MR) is 81.0 cm³/mol. The van der Waals surface area contributed by atoms with Crippen LogP contribution in [0.4, 0.5) is 5.69 Å². The molecule has 0 atom stereocenters. The Morgan fingerprint density at radius 3 is 2.65 bits per heavy atom. The Kier molecular flexibility index (Phi) is 7.37. The van der Waals surface area contributed by atoms with Crippen molar-refractivity contribution in [1.29, 1.82) is 0 Å². The molecule has 20 heavy (non-hydrogen) atoms. The fourth-order valence-electron chi connectivity index (χ4n) is 1.40. The van der Waals surface area contributed by atoms with Gasteiger partial charge in [0.05, 0.1) is 12.3 Å². The van der Waals surface area contributed by atoms with E-state index in [0.29, 0.717) is 11.4 Å². The standard InChI is InChI=1S/C11H17N5O3.BrH/c1-3-19-10(18)8-4-7(6-16(8)2)15-9(17)5-14-11(12)13;/h4,6H,3,5H2,1-2H3,(H,15,17)(H4,12,13,14);1H. The van der Waals surface area contributed by atoms with E-state index >= 15 is 0 Å². The molecular weight excluding hydrogens is 330 g/mol. The highest BCUT2D eigenvalue weighted by atomic mass is 79.9. The first kappa shape index (κ1) is 18.0. The van der Waals surface area contributed by atoms with Crippen molar-refractivity contribution in [3.8, 4) is 0 Å². The highest BCUT2D eigenvalue weighted by Gasteiger charge is 2.13. The smallest absolute Gasteiger partial charge is 0.355 e. The summed E-state index contributed by atoms with van der Waals surface area (Å²) in [5, 5.41) is 2.57. The molecule has 0 spiro atoms. The number of nitrogens with zero attached hydrogens (tertiary/aromatic N) is 2. The molecule has 1 amide bonds. The van der Waals surface area contributed by atoms with Crippen LogP contribution >= 0.6 is 17.0 Å². The quantitative estimate of drug-likeness (QED) is 0.392.